The molecule has 0 saturated carbocycles. The topological polar surface area (TPSA) is 67.7 Å². The van der Waals surface area contributed by atoms with Gasteiger partial charge in [0.1, 0.15) is 0 Å². The Bertz CT molecular complexity index is 990. The van der Waals surface area contributed by atoms with E-state index in [0.29, 0.717) is 18.1 Å². The quantitative estimate of drug-likeness (QED) is 0.716. The number of hydrogen-bond donors (Lipinski definition) is 2. The molecule has 2 aliphatic heterocycles. The van der Waals surface area contributed by atoms with Gasteiger partial charge in [0.25, 0.3) is 0 Å². The number of nitriles is 1. The van der Waals surface area contributed by atoms with E-state index in [0.717, 1.165) is 23.9 Å². The highest BCUT2D eigenvalue weighted by atomic mass is 15.2. The Hall–Kier alpha value is -2.84. The first-order valence-electron chi connectivity index (χ1n) is 10.2. The van der Waals surface area contributed by atoms with E-state index in [4.69, 9.17) is 0 Å². The maximum Gasteiger partial charge on any atom is 0.0998 e. The number of benzene rings is 2. The monoisotopic (exact) mass is 371 g/mol. The Morgan fingerprint density at radius 3 is 2.61 bits per heavy atom. The van der Waals surface area contributed by atoms with Gasteiger partial charge >= 0.3 is 0 Å². The lowest BCUT2D eigenvalue weighted by Crippen LogP contribution is -2.49. The largest absolute Gasteiger partial charge is 0.365 e. The molecule has 2 unspecified atom stereocenters. The number of piperidine rings is 1. The highest BCUT2D eigenvalue weighted by Crippen LogP contribution is 2.42. The van der Waals surface area contributed by atoms with Crippen LogP contribution in [-0.4, -0.2) is 34.6 Å². The van der Waals surface area contributed by atoms with Crippen LogP contribution in [0.15, 0.2) is 48.9 Å². The highest BCUT2D eigenvalue weighted by molar-refractivity contribution is 5.98. The van der Waals surface area contributed by atoms with Crippen molar-refractivity contribution in [2.75, 3.05) is 11.4 Å². The Labute approximate surface area is 165 Å². The van der Waals surface area contributed by atoms with E-state index in [2.05, 4.69) is 50.5 Å². The van der Waals surface area contributed by atoms with Gasteiger partial charge in [-0.2, -0.15) is 5.26 Å². The average Bonchev–Trinajstić information content (AvgIpc) is 3.33. The van der Waals surface area contributed by atoms with Crippen molar-refractivity contribution in [1.29, 1.82) is 5.26 Å². The van der Waals surface area contributed by atoms with E-state index in [-0.39, 0.29) is 0 Å². The summed E-state index contributed by atoms with van der Waals surface area (Å²) in [6, 6.07) is 16.6. The van der Waals surface area contributed by atoms with Gasteiger partial charge in [-0.25, -0.2) is 4.98 Å². The van der Waals surface area contributed by atoms with Crippen LogP contribution in [0.3, 0.4) is 0 Å². The van der Waals surface area contributed by atoms with Crippen molar-refractivity contribution in [3.63, 3.8) is 0 Å². The molecular formula is C23H25N5. The van der Waals surface area contributed by atoms with Crippen LogP contribution < -0.4 is 10.2 Å². The predicted octanol–water partition coefficient (Wildman–Crippen LogP) is 3.77. The molecule has 3 heterocycles. The third-order valence-electron chi connectivity index (χ3n) is 6.41. The number of aromatic amines is 1. The van der Waals surface area contributed by atoms with E-state index in [9.17, 15) is 5.26 Å². The van der Waals surface area contributed by atoms with E-state index in [1.54, 1.807) is 6.33 Å². The van der Waals surface area contributed by atoms with E-state index < -0.39 is 0 Å². The molecule has 0 aliphatic carbocycles. The van der Waals surface area contributed by atoms with Gasteiger partial charge in [-0.05, 0) is 37.8 Å². The van der Waals surface area contributed by atoms with Gasteiger partial charge in [0, 0.05) is 59.4 Å². The minimum Gasteiger partial charge on any atom is -0.365 e. The molecule has 142 valence electrons. The third kappa shape index (κ3) is 3.04. The van der Waals surface area contributed by atoms with Crippen LogP contribution in [0.1, 0.15) is 36.9 Å². The molecule has 2 aliphatic rings. The van der Waals surface area contributed by atoms with Crippen molar-refractivity contribution in [2.45, 2.75) is 50.2 Å². The van der Waals surface area contributed by atoms with Crippen LogP contribution >= 0.6 is 0 Å². The van der Waals surface area contributed by atoms with Crippen molar-refractivity contribution in [3.05, 3.63) is 60.2 Å². The van der Waals surface area contributed by atoms with Crippen LogP contribution in [0, 0.1) is 11.3 Å². The fourth-order valence-electron chi connectivity index (χ4n) is 5.18. The van der Waals surface area contributed by atoms with E-state index >= 15 is 0 Å². The number of rotatable bonds is 5. The maximum atomic E-state index is 9.46. The predicted molar refractivity (Wildman–Crippen MR) is 111 cm³/mol. The number of hydrogen-bond acceptors (Lipinski definition) is 4. The number of anilines is 1. The number of nitrogens with zero attached hydrogens (tertiary/aromatic N) is 3. The maximum absolute atomic E-state index is 9.46. The zero-order valence-corrected chi connectivity index (χ0v) is 15.9. The van der Waals surface area contributed by atoms with Gasteiger partial charge < -0.3 is 15.2 Å². The summed E-state index contributed by atoms with van der Waals surface area (Å²) in [4.78, 5) is 9.92. The van der Waals surface area contributed by atoms with Gasteiger partial charge in [0.15, 0.2) is 0 Å². The molecule has 5 rings (SSSR count). The van der Waals surface area contributed by atoms with Gasteiger partial charge in [0.2, 0.25) is 0 Å². The Kier molecular flexibility index (Phi) is 4.50. The summed E-state index contributed by atoms with van der Waals surface area (Å²) in [5.41, 5.74) is 3.26. The lowest BCUT2D eigenvalue weighted by Gasteiger charge is -2.41. The zero-order valence-electron chi connectivity index (χ0n) is 15.9. The molecule has 2 fully saturated rings. The molecule has 2 saturated heterocycles. The van der Waals surface area contributed by atoms with Crippen LogP contribution in [0.2, 0.25) is 0 Å². The fraction of sp³-hybridized carbons (Fsp3) is 0.391. The summed E-state index contributed by atoms with van der Waals surface area (Å²) in [6.45, 7) is 0.992. The van der Waals surface area contributed by atoms with Crippen LogP contribution in [-0.2, 0) is 6.42 Å². The number of fused-ring (bicyclic) bond motifs is 3. The number of H-pyrrole nitrogens is 1. The third-order valence-corrected chi connectivity index (χ3v) is 6.41. The summed E-state index contributed by atoms with van der Waals surface area (Å²) >= 11 is 0. The molecule has 5 nitrogen and oxygen atoms in total. The van der Waals surface area contributed by atoms with Gasteiger partial charge in [-0.1, -0.05) is 24.3 Å². The second-order valence-corrected chi connectivity index (χ2v) is 8.03. The lowest BCUT2D eigenvalue weighted by atomic mass is 9.94. The minimum atomic E-state index is 0.583. The van der Waals surface area contributed by atoms with Gasteiger partial charge in [-0.3, -0.25) is 0 Å². The summed E-state index contributed by atoms with van der Waals surface area (Å²) in [7, 11) is 0. The molecule has 2 N–H and O–H groups in total. The number of aromatic nitrogens is 2. The van der Waals surface area contributed by atoms with E-state index in [1.165, 1.54) is 42.5 Å². The van der Waals surface area contributed by atoms with E-state index in [1.807, 2.05) is 18.3 Å². The van der Waals surface area contributed by atoms with Gasteiger partial charge in [-0.15, -0.1) is 0 Å². The average molecular weight is 371 g/mol. The van der Waals surface area contributed by atoms with Crippen LogP contribution in [0.25, 0.3) is 10.8 Å². The summed E-state index contributed by atoms with van der Waals surface area (Å²) in [6.07, 6.45) is 9.55. The molecule has 2 atom stereocenters. The van der Waals surface area contributed by atoms with Gasteiger partial charge in [0.05, 0.1) is 18.0 Å². The van der Waals surface area contributed by atoms with Crippen molar-refractivity contribution in [1.82, 2.24) is 15.3 Å². The normalized spacial score (nSPS) is 23.8. The molecular weight excluding hydrogens is 346 g/mol. The molecule has 0 spiro atoms. The second-order valence-electron chi connectivity index (χ2n) is 8.03. The molecule has 3 aromatic rings. The molecule has 2 bridgehead atoms. The standard InChI is InChI=1S/C23H25N5/c24-13-16-5-8-23(22-4-2-1-3-21(16)22)28-19-6-7-20(28)12-18(11-19)26-10-9-17-14-25-15-27-17/h1-5,8,14-15,18-20,26H,6-7,9-12H2,(H,25,27). The first-order valence-corrected chi connectivity index (χ1v) is 10.2. The second kappa shape index (κ2) is 7.29. The van der Waals surface area contributed by atoms with Crippen LogP contribution in [0.5, 0.6) is 0 Å². The van der Waals surface area contributed by atoms with Crippen molar-refractivity contribution in [3.8, 4) is 6.07 Å². The molecule has 0 radical (unpaired) electrons. The minimum absolute atomic E-state index is 0.583. The summed E-state index contributed by atoms with van der Waals surface area (Å²) in [5.74, 6) is 0. The smallest absolute Gasteiger partial charge is 0.0998 e. The number of nitrogens with one attached hydrogen (secondary N) is 2. The summed E-state index contributed by atoms with van der Waals surface area (Å²) in [5, 5.41) is 15.5. The molecule has 0 amide bonds. The Balaban J connectivity index is 1.33. The molecule has 28 heavy (non-hydrogen) atoms. The first kappa shape index (κ1) is 17.3. The SMILES string of the molecule is N#Cc1ccc(N2C3CCC2CC(NCCc2cnc[nH]2)C3)c2ccccc12. The Morgan fingerprint density at radius 1 is 1.11 bits per heavy atom. The fourth-order valence-corrected chi connectivity index (χ4v) is 5.18. The Morgan fingerprint density at radius 2 is 1.89 bits per heavy atom. The number of imidazole rings is 1. The summed E-state index contributed by atoms with van der Waals surface area (Å²) < 4.78 is 0. The highest BCUT2D eigenvalue weighted by Gasteiger charge is 2.41. The molecule has 1 aromatic heterocycles. The zero-order chi connectivity index (χ0) is 18.9. The molecule has 5 heteroatoms. The van der Waals surface area contributed by atoms with Crippen molar-refractivity contribution >= 4 is 16.5 Å². The lowest BCUT2D eigenvalue weighted by molar-refractivity contribution is 0.358. The van der Waals surface area contributed by atoms with Crippen molar-refractivity contribution in [2.24, 2.45) is 0 Å². The van der Waals surface area contributed by atoms with Crippen LogP contribution in [0.4, 0.5) is 5.69 Å². The molecule has 2 aromatic carbocycles. The van der Waals surface area contributed by atoms with Crippen molar-refractivity contribution < 1.29 is 0 Å². The first-order chi connectivity index (χ1) is 13.8.